The van der Waals surface area contributed by atoms with E-state index in [1.807, 2.05) is 12.2 Å². The molecule has 0 radical (unpaired) electrons. The lowest BCUT2D eigenvalue weighted by atomic mass is 10.1. The Morgan fingerprint density at radius 3 is 1.64 bits per heavy atom. The summed E-state index contributed by atoms with van der Waals surface area (Å²) in [6.07, 6.45) is 41.7. The minimum atomic E-state index is -4.63. The largest absolute Gasteiger partial charge is 0.472 e. The highest BCUT2D eigenvalue weighted by Gasteiger charge is 2.27. The van der Waals surface area contributed by atoms with Gasteiger partial charge in [0.15, 0.2) is 6.10 Å². The van der Waals surface area contributed by atoms with Gasteiger partial charge in [0.1, 0.15) is 12.7 Å². The van der Waals surface area contributed by atoms with E-state index in [9.17, 15) is 24.2 Å². The highest BCUT2D eigenvalue weighted by atomic mass is 31.2. The third-order valence-corrected chi connectivity index (χ3v) is 8.80. The molecule has 0 aromatic heterocycles. The number of ether oxygens (including phenoxy) is 2. The van der Waals surface area contributed by atoms with Crippen molar-refractivity contribution in [2.45, 2.75) is 154 Å². The van der Waals surface area contributed by atoms with Crippen LogP contribution in [0.4, 0.5) is 0 Å². The average molecular weight is 767 g/mol. The molecule has 0 heterocycles. The van der Waals surface area contributed by atoms with Crippen LogP contribution in [0.5, 0.6) is 0 Å². The van der Waals surface area contributed by atoms with Gasteiger partial charge in [-0.15, -0.1) is 0 Å². The van der Waals surface area contributed by atoms with Gasteiger partial charge in [0.2, 0.25) is 0 Å². The Labute approximate surface area is 320 Å². The van der Waals surface area contributed by atoms with Gasteiger partial charge in [-0.2, -0.15) is 0 Å². The van der Waals surface area contributed by atoms with E-state index in [4.69, 9.17) is 19.1 Å². The molecule has 0 saturated heterocycles. The smallest absolute Gasteiger partial charge is 0.462 e. The predicted molar refractivity (Wildman–Crippen MR) is 214 cm³/mol. The number of aliphatic hydroxyl groups excluding tert-OH is 2. The van der Waals surface area contributed by atoms with Gasteiger partial charge in [-0.05, 0) is 77.0 Å². The molecule has 304 valence electrons. The maximum atomic E-state index is 12.5. The number of hydrogen-bond acceptors (Lipinski definition) is 9. The van der Waals surface area contributed by atoms with Crippen LogP contribution in [0.15, 0.2) is 72.9 Å². The molecule has 0 amide bonds. The first kappa shape index (κ1) is 50.4. The zero-order valence-electron chi connectivity index (χ0n) is 32.7. The Hall–Kier alpha value is -2.59. The minimum Gasteiger partial charge on any atom is -0.462 e. The van der Waals surface area contributed by atoms with Crippen molar-refractivity contribution < 1.29 is 47.8 Å². The molecule has 0 spiro atoms. The van der Waals surface area contributed by atoms with Gasteiger partial charge in [-0.3, -0.25) is 18.6 Å². The summed E-state index contributed by atoms with van der Waals surface area (Å²) in [5.41, 5.74) is 0. The number of carbonyl (C=O) groups excluding carboxylic acids is 2. The van der Waals surface area contributed by atoms with Crippen LogP contribution in [0.3, 0.4) is 0 Å². The van der Waals surface area contributed by atoms with Gasteiger partial charge in [0.25, 0.3) is 0 Å². The van der Waals surface area contributed by atoms with Gasteiger partial charge in [-0.1, -0.05) is 125 Å². The van der Waals surface area contributed by atoms with E-state index in [1.54, 1.807) is 0 Å². The molecule has 3 atom stereocenters. The number of aliphatic hydroxyl groups is 2. The van der Waals surface area contributed by atoms with Crippen molar-refractivity contribution in [2.75, 3.05) is 26.4 Å². The Bertz CT molecular complexity index is 1110. The molecular weight excluding hydrogens is 695 g/mol. The Balaban J connectivity index is 4.48. The average Bonchev–Trinajstić information content (AvgIpc) is 3.14. The first-order valence-electron chi connectivity index (χ1n) is 19.9. The number of phosphoric ester groups is 1. The van der Waals surface area contributed by atoms with Crippen LogP contribution >= 0.6 is 7.82 Å². The quantitative estimate of drug-likeness (QED) is 0.0243. The molecule has 53 heavy (non-hydrogen) atoms. The van der Waals surface area contributed by atoms with Gasteiger partial charge < -0.3 is 24.6 Å². The van der Waals surface area contributed by atoms with Gasteiger partial charge in [0, 0.05) is 12.8 Å². The van der Waals surface area contributed by atoms with Crippen molar-refractivity contribution in [3.8, 4) is 0 Å². The molecule has 11 heteroatoms. The lowest BCUT2D eigenvalue weighted by Crippen LogP contribution is -2.29. The second-order valence-electron chi connectivity index (χ2n) is 12.9. The number of esters is 2. The molecule has 3 N–H and O–H groups in total. The summed E-state index contributed by atoms with van der Waals surface area (Å²) >= 11 is 0. The third-order valence-electron chi connectivity index (χ3n) is 7.84. The monoisotopic (exact) mass is 766 g/mol. The Morgan fingerprint density at radius 2 is 1.06 bits per heavy atom. The number of rotatable bonds is 36. The van der Waals surface area contributed by atoms with E-state index in [2.05, 4.69) is 79.1 Å². The Morgan fingerprint density at radius 1 is 0.585 bits per heavy atom. The van der Waals surface area contributed by atoms with Crippen LogP contribution in [0, 0.1) is 0 Å². The fourth-order valence-corrected chi connectivity index (χ4v) is 5.58. The van der Waals surface area contributed by atoms with Crippen LogP contribution in [0.25, 0.3) is 0 Å². The van der Waals surface area contributed by atoms with E-state index < -0.39 is 51.8 Å². The van der Waals surface area contributed by atoms with Crippen molar-refractivity contribution in [1.82, 2.24) is 0 Å². The van der Waals surface area contributed by atoms with E-state index in [0.717, 1.165) is 57.8 Å². The van der Waals surface area contributed by atoms with Crippen LogP contribution in [0.2, 0.25) is 0 Å². The first-order valence-corrected chi connectivity index (χ1v) is 21.4. The molecule has 0 saturated carbocycles. The van der Waals surface area contributed by atoms with Crippen molar-refractivity contribution in [3.05, 3.63) is 72.9 Å². The minimum absolute atomic E-state index is 0.148. The number of allylic oxidation sites excluding steroid dienone is 12. The molecule has 0 aliphatic carbocycles. The zero-order valence-corrected chi connectivity index (χ0v) is 33.6. The lowest BCUT2D eigenvalue weighted by molar-refractivity contribution is -0.161. The van der Waals surface area contributed by atoms with Crippen LogP contribution in [-0.4, -0.2) is 65.7 Å². The second kappa shape index (κ2) is 37.7. The fourth-order valence-electron chi connectivity index (χ4n) is 4.79. The molecule has 0 aliphatic heterocycles. The van der Waals surface area contributed by atoms with Gasteiger partial charge in [0.05, 0.1) is 19.8 Å². The molecule has 0 fully saturated rings. The van der Waals surface area contributed by atoms with Crippen molar-refractivity contribution in [2.24, 2.45) is 0 Å². The number of carbonyl (C=O) groups is 2. The van der Waals surface area contributed by atoms with Gasteiger partial charge >= 0.3 is 19.8 Å². The number of hydrogen-bond donors (Lipinski definition) is 3. The SMILES string of the molecule is CC/C=C/C/C=C/C/C=C/C/C=C/C/C=C/CCCC(=O)OC[C@H](COP(=O)(O)OC[C@@H](O)CO)OC(=O)CCCCC/C=C/CCCCCCCC. The number of unbranched alkanes of at least 4 members (excludes halogenated alkanes) is 10. The summed E-state index contributed by atoms with van der Waals surface area (Å²) < 4.78 is 32.5. The van der Waals surface area contributed by atoms with E-state index >= 15 is 0 Å². The molecule has 0 aliphatic rings. The molecule has 0 aromatic carbocycles. The Kier molecular flexibility index (Phi) is 35.9. The van der Waals surface area contributed by atoms with E-state index in [1.165, 1.54) is 38.5 Å². The summed E-state index contributed by atoms with van der Waals surface area (Å²) in [7, 11) is -4.63. The lowest BCUT2D eigenvalue weighted by Gasteiger charge is -2.20. The second-order valence-corrected chi connectivity index (χ2v) is 14.4. The van der Waals surface area contributed by atoms with Crippen molar-refractivity contribution in [3.63, 3.8) is 0 Å². The molecular formula is C42H71O10P. The summed E-state index contributed by atoms with van der Waals surface area (Å²) in [5, 5.41) is 18.3. The molecule has 0 bridgehead atoms. The highest BCUT2D eigenvalue weighted by Crippen LogP contribution is 2.43. The molecule has 1 unspecified atom stereocenters. The standard InChI is InChI=1S/C42H71O10P/c1-3-5-7-9-11-13-15-17-18-19-20-22-23-25-27-29-31-33-41(45)49-37-40(38-51-53(47,48)50-36-39(44)35-43)52-42(46)34-32-30-28-26-24-21-16-14-12-10-8-6-4-2/h5,7,11,13,17-18,20-22,24-25,27,39-40,43-44H,3-4,6,8-10,12,14-16,19,23,26,28-38H2,1-2H3,(H,47,48)/b7-5+,13-11+,18-17+,22-20+,24-21+,27-25+/t39-,40+/m0/s1. The number of phosphoric acid groups is 1. The van der Waals surface area contributed by atoms with E-state index in [0.29, 0.717) is 19.3 Å². The molecule has 0 aromatic rings. The highest BCUT2D eigenvalue weighted by molar-refractivity contribution is 7.47. The van der Waals surface area contributed by atoms with Crippen LogP contribution < -0.4 is 0 Å². The van der Waals surface area contributed by atoms with Crippen LogP contribution in [-0.2, 0) is 32.7 Å². The molecule has 10 nitrogen and oxygen atoms in total. The topological polar surface area (TPSA) is 149 Å². The normalized spacial score (nSPS) is 14.7. The summed E-state index contributed by atoms with van der Waals surface area (Å²) in [4.78, 5) is 34.8. The summed E-state index contributed by atoms with van der Waals surface area (Å²) in [5.74, 6) is -1.02. The van der Waals surface area contributed by atoms with Crippen molar-refractivity contribution in [1.29, 1.82) is 0 Å². The summed E-state index contributed by atoms with van der Waals surface area (Å²) in [6, 6.07) is 0. The van der Waals surface area contributed by atoms with E-state index in [-0.39, 0.29) is 19.4 Å². The predicted octanol–water partition coefficient (Wildman–Crippen LogP) is 10.1. The molecule has 0 rings (SSSR count). The zero-order chi connectivity index (χ0) is 39.1. The maximum absolute atomic E-state index is 12.5. The third kappa shape index (κ3) is 37.5. The van der Waals surface area contributed by atoms with Gasteiger partial charge in [-0.25, -0.2) is 4.57 Å². The van der Waals surface area contributed by atoms with Crippen LogP contribution in [0.1, 0.15) is 142 Å². The fraction of sp³-hybridized carbons (Fsp3) is 0.667. The summed E-state index contributed by atoms with van der Waals surface area (Å²) in [6.45, 7) is 2.15. The van der Waals surface area contributed by atoms with Crippen molar-refractivity contribution >= 4 is 19.8 Å². The maximum Gasteiger partial charge on any atom is 0.472 e. The first-order chi connectivity index (χ1) is 25.7.